The number of piperidine rings is 1. The third kappa shape index (κ3) is 3.65. The summed E-state index contributed by atoms with van der Waals surface area (Å²) < 4.78 is 0. The molecule has 0 amide bonds. The molecule has 0 aliphatic carbocycles. The van der Waals surface area contributed by atoms with Crippen LogP contribution in [0.15, 0.2) is 35.7 Å². The van der Waals surface area contributed by atoms with Gasteiger partial charge in [0.1, 0.15) is 0 Å². The molecule has 122 valence electrons. The van der Waals surface area contributed by atoms with Crippen molar-refractivity contribution in [3.05, 3.63) is 57.3 Å². The zero-order valence-electron chi connectivity index (χ0n) is 13.7. The summed E-state index contributed by atoms with van der Waals surface area (Å²) in [5.41, 5.74) is 3.88. The number of thiophene rings is 1. The molecule has 0 spiro atoms. The molecule has 4 heteroatoms. The number of aryl methyl sites for hydroxylation is 2. The Kier molecular flexibility index (Phi) is 4.83. The number of carbonyl (C=O) groups is 1. The number of hydrogen-bond donors (Lipinski definition) is 1. The normalized spacial score (nSPS) is 18.0. The molecule has 3 nitrogen and oxygen atoms in total. The molecule has 2 aromatic rings. The third-order valence-electron chi connectivity index (χ3n) is 4.62. The van der Waals surface area contributed by atoms with Crippen molar-refractivity contribution in [3.63, 3.8) is 0 Å². The van der Waals surface area contributed by atoms with Gasteiger partial charge in [0.15, 0.2) is 0 Å². The fourth-order valence-electron chi connectivity index (χ4n) is 3.57. The topological polar surface area (TPSA) is 40.5 Å². The number of carboxylic acid groups (broad SMARTS) is 1. The molecular weight excluding hydrogens is 306 g/mol. The van der Waals surface area contributed by atoms with Crippen molar-refractivity contribution in [2.75, 3.05) is 13.1 Å². The monoisotopic (exact) mass is 329 g/mol. The Morgan fingerprint density at radius 3 is 2.39 bits per heavy atom. The van der Waals surface area contributed by atoms with Gasteiger partial charge in [0.05, 0.1) is 12.0 Å². The van der Waals surface area contributed by atoms with Crippen LogP contribution in [0.1, 0.15) is 40.5 Å². The molecule has 1 unspecified atom stereocenters. The van der Waals surface area contributed by atoms with E-state index in [2.05, 4.69) is 54.5 Å². The van der Waals surface area contributed by atoms with Gasteiger partial charge in [-0.15, -0.1) is 11.3 Å². The lowest BCUT2D eigenvalue weighted by Crippen LogP contribution is -2.39. The molecule has 23 heavy (non-hydrogen) atoms. The molecule has 1 aromatic carbocycles. The predicted octanol–water partition coefficient (Wildman–Crippen LogP) is 4.25. The maximum atomic E-state index is 11.2. The van der Waals surface area contributed by atoms with Crippen LogP contribution in [-0.2, 0) is 4.79 Å². The van der Waals surface area contributed by atoms with Crippen molar-refractivity contribution in [1.82, 2.24) is 4.90 Å². The third-order valence-corrected chi connectivity index (χ3v) is 5.54. The Morgan fingerprint density at radius 1 is 1.22 bits per heavy atom. The second-order valence-corrected chi connectivity index (χ2v) is 7.47. The van der Waals surface area contributed by atoms with Crippen LogP contribution >= 0.6 is 11.3 Å². The zero-order chi connectivity index (χ0) is 16.4. The predicted molar refractivity (Wildman–Crippen MR) is 94.0 cm³/mol. The van der Waals surface area contributed by atoms with E-state index in [0.717, 1.165) is 25.9 Å². The molecule has 1 aromatic heterocycles. The first-order valence-corrected chi connectivity index (χ1v) is 9.01. The largest absolute Gasteiger partial charge is 0.481 e. The zero-order valence-corrected chi connectivity index (χ0v) is 14.5. The summed E-state index contributed by atoms with van der Waals surface area (Å²) in [6.07, 6.45) is 1.48. The van der Waals surface area contributed by atoms with E-state index in [1.165, 1.54) is 21.6 Å². The first kappa shape index (κ1) is 16.2. The second-order valence-electron chi connectivity index (χ2n) is 6.49. The molecule has 1 saturated heterocycles. The highest BCUT2D eigenvalue weighted by Crippen LogP contribution is 2.35. The summed E-state index contributed by atoms with van der Waals surface area (Å²) >= 11 is 1.78. The van der Waals surface area contributed by atoms with Gasteiger partial charge in [-0.1, -0.05) is 35.4 Å². The van der Waals surface area contributed by atoms with Crippen molar-refractivity contribution >= 4 is 17.3 Å². The van der Waals surface area contributed by atoms with E-state index in [0.29, 0.717) is 0 Å². The maximum absolute atomic E-state index is 11.2. The van der Waals surface area contributed by atoms with Gasteiger partial charge in [0.25, 0.3) is 0 Å². The lowest BCUT2D eigenvalue weighted by Gasteiger charge is -2.36. The number of benzene rings is 1. The van der Waals surface area contributed by atoms with E-state index in [-0.39, 0.29) is 12.0 Å². The van der Waals surface area contributed by atoms with Crippen LogP contribution in [0, 0.1) is 19.8 Å². The Bertz CT molecular complexity index is 652. The number of likely N-dealkylation sites (tertiary alicyclic amines) is 1. The van der Waals surface area contributed by atoms with Crippen molar-refractivity contribution in [1.29, 1.82) is 0 Å². The summed E-state index contributed by atoms with van der Waals surface area (Å²) in [7, 11) is 0. The van der Waals surface area contributed by atoms with E-state index in [4.69, 9.17) is 0 Å². The first-order valence-electron chi connectivity index (χ1n) is 8.13. The number of rotatable bonds is 4. The minimum atomic E-state index is -0.649. The summed E-state index contributed by atoms with van der Waals surface area (Å²) in [6.45, 7) is 5.95. The van der Waals surface area contributed by atoms with Gasteiger partial charge in [-0.2, -0.15) is 0 Å². The molecule has 1 aliphatic heterocycles. The van der Waals surface area contributed by atoms with Crippen molar-refractivity contribution in [2.24, 2.45) is 5.92 Å². The molecular formula is C19H23NO2S. The first-order chi connectivity index (χ1) is 11.0. The van der Waals surface area contributed by atoms with Gasteiger partial charge >= 0.3 is 5.97 Å². The Balaban J connectivity index is 1.90. The van der Waals surface area contributed by atoms with Crippen molar-refractivity contribution in [2.45, 2.75) is 32.7 Å². The standard InChI is InChI=1S/C19H23NO2S/c1-13-10-14(2)12-16(11-13)18(17-4-3-9-23-17)20-7-5-15(6-8-20)19(21)22/h3-4,9-12,15,18H,5-8H2,1-2H3,(H,21,22). The van der Waals surface area contributed by atoms with Crippen LogP contribution in [-0.4, -0.2) is 29.1 Å². The van der Waals surface area contributed by atoms with Crippen LogP contribution in [0.5, 0.6) is 0 Å². The summed E-state index contributed by atoms with van der Waals surface area (Å²) in [6, 6.07) is 11.3. The molecule has 1 atom stereocenters. The molecule has 0 radical (unpaired) electrons. The summed E-state index contributed by atoms with van der Waals surface area (Å²) in [4.78, 5) is 15.0. The lowest BCUT2D eigenvalue weighted by molar-refractivity contribution is -0.143. The second kappa shape index (κ2) is 6.85. The lowest BCUT2D eigenvalue weighted by atomic mass is 9.93. The van der Waals surface area contributed by atoms with Crippen molar-refractivity contribution in [3.8, 4) is 0 Å². The van der Waals surface area contributed by atoms with Gasteiger partial charge in [-0.25, -0.2) is 0 Å². The number of aliphatic carboxylic acids is 1. The van der Waals surface area contributed by atoms with Gasteiger partial charge in [-0.3, -0.25) is 9.69 Å². The minimum Gasteiger partial charge on any atom is -0.481 e. The smallest absolute Gasteiger partial charge is 0.306 e. The van der Waals surface area contributed by atoms with Gasteiger partial charge in [0, 0.05) is 4.88 Å². The summed E-state index contributed by atoms with van der Waals surface area (Å²) in [5.74, 6) is -0.835. The van der Waals surface area contributed by atoms with Crippen LogP contribution < -0.4 is 0 Å². The van der Waals surface area contributed by atoms with E-state index >= 15 is 0 Å². The van der Waals surface area contributed by atoms with E-state index < -0.39 is 5.97 Å². The van der Waals surface area contributed by atoms with E-state index in [1.54, 1.807) is 11.3 Å². The van der Waals surface area contributed by atoms with Gasteiger partial charge in [-0.05, 0) is 56.8 Å². The fourth-order valence-corrected chi connectivity index (χ4v) is 4.46. The van der Waals surface area contributed by atoms with E-state index in [1.807, 2.05) is 0 Å². The van der Waals surface area contributed by atoms with Gasteiger partial charge < -0.3 is 5.11 Å². The quantitative estimate of drug-likeness (QED) is 0.911. The molecule has 0 saturated carbocycles. The van der Waals surface area contributed by atoms with Crippen LogP contribution in [0.3, 0.4) is 0 Å². The van der Waals surface area contributed by atoms with Crippen LogP contribution in [0.25, 0.3) is 0 Å². The molecule has 1 fully saturated rings. The average Bonchev–Trinajstić information content (AvgIpc) is 3.01. The highest BCUT2D eigenvalue weighted by molar-refractivity contribution is 7.10. The highest BCUT2D eigenvalue weighted by Gasteiger charge is 2.30. The molecule has 3 rings (SSSR count). The molecule has 1 aliphatic rings. The minimum absolute atomic E-state index is 0.186. The van der Waals surface area contributed by atoms with Crippen LogP contribution in [0.2, 0.25) is 0 Å². The van der Waals surface area contributed by atoms with E-state index in [9.17, 15) is 9.90 Å². The number of carboxylic acids is 1. The Hall–Kier alpha value is -1.65. The number of nitrogens with zero attached hydrogens (tertiary/aromatic N) is 1. The molecule has 2 heterocycles. The Labute approximate surface area is 141 Å². The van der Waals surface area contributed by atoms with Crippen molar-refractivity contribution < 1.29 is 9.90 Å². The highest BCUT2D eigenvalue weighted by atomic mass is 32.1. The SMILES string of the molecule is Cc1cc(C)cc(C(c2cccs2)N2CCC(C(=O)O)CC2)c1. The summed E-state index contributed by atoms with van der Waals surface area (Å²) in [5, 5.41) is 11.3. The average molecular weight is 329 g/mol. The Morgan fingerprint density at radius 2 is 1.87 bits per heavy atom. The van der Waals surface area contributed by atoms with Gasteiger partial charge in [0.2, 0.25) is 0 Å². The molecule has 1 N–H and O–H groups in total. The fraction of sp³-hybridized carbons (Fsp3) is 0.421. The maximum Gasteiger partial charge on any atom is 0.306 e. The van der Waals surface area contributed by atoms with Crippen LogP contribution in [0.4, 0.5) is 0 Å². The number of hydrogen-bond acceptors (Lipinski definition) is 3. The molecule has 0 bridgehead atoms.